The van der Waals surface area contributed by atoms with Crippen molar-refractivity contribution in [2.45, 2.75) is 24.5 Å². The van der Waals surface area contributed by atoms with Gasteiger partial charge in [0.25, 0.3) is 5.91 Å². The number of carbonyl (C=O) groups is 1. The van der Waals surface area contributed by atoms with Crippen molar-refractivity contribution >= 4 is 56.8 Å². The summed E-state index contributed by atoms with van der Waals surface area (Å²) in [6.07, 6.45) is 1.78. The van der Waals surface area contributed by atoms with E-state index in [1.807, 2.05) is 6.07 Å². The Balaban J connectivity index is 1.55. The van der Waals surface area contributed by atoms with Gasteiger partial charge in [-0.2, -0.15) is 0 Å². The maximum absolute atomic E-state index is 14.1. The number of fused-ring (bicyclic) bond motifs is 1. The molecule has 1 aliphatic rings. The quantitative estimate of drug-likeness (QED) is 0.245. The number of carbonyl (C=O) groups excluding carboxylic acids is 1. The summed E-state index contributed by atoms with van der Waals surface area (Å²) >= 11 is 6.02. The predicted octanol–water partition coefficient (Wildman–Crippen LogP) is 3.75. The molecule has 196 valence electrons. The van der Waals surface area contributed by atoms with Crippen molar-refractivity contribution in [3.63, 3.8) is 0 Å². The smallest absolute Gasteiger partial charge is 0.455 e. The first-order valence-electron chi connectivity index (χ1n) is 11.8. The summed E-state index contributed by atoms with van der Waals surface area (Å²) in [7, 11) is -4.48. The van der Waals surface area contributed by atoms with E-state index in [0.29, 0.717) is 38.4 Å². The second-order valence-corrected chi connectivity index (χ2v) is 11.3. The first-order chi connectivity index (χ1) is 18.1. The molecule has 0 aliphatic heterocycles. The topological polar surface area (TPSA) is 129 Å². The molecule has 0 unspecified atom stereocenters. The summed E-state index contributed by atoms with van der Waals surface area (Å²) in [5.41, 5.74) is 2.25. The second kappa shape index (κ2) is 10.1. The Labute approximate surface area is 223 Å². The Morgan fingerprint density at radius 1 is 1.13 bits per heavy atom. The van der Waals surface area contributed by atoms with Crippen molar-refractivity contribution in [2.75, 3.05) is 11.8 Å². The van der Waals surface area contributed by atoms with E-state index >= 15 is 0 Å². The van der Waals surface area contributed by atoms with Gasteiger partial charge in [-0.1, -0.05) is 17.7 Å². The van der Waals surface area contributed by atoms with Crippen LogP contribution in [0.2, 0.25) is 5.02 Å². The number of anilines is 1. The van der Waals surface area contributed by atoms with Crippen molar-refractivity contribution in [2.24, 2.45) is 0 Å². The third-order valence-electron chi connectivity index (χ3n) is 6.43. The lowest BCUT2D eigenvalue weighted by Gasteiger charge is -2.13. The van der Waals surface area contributed by atoms with E-state index in [0.717, 1.165) is 30.5 Å². The van der Waals surface area contributed by atoms with Crippen LogP contribution in [0.25, 0.3) is 22.3 Å². The highest BCUT2D eigenvalue weighted by Crippen LogP contribution is 2.45. The minimum atomic E-state index is -3.99. The average Bonchev–Trinajstić information content (AvgIpc) is 3.63. The van der Waals surface area contributed by atoms with Gasteiger partial charge in [0, 0.05) is 28.5 Å². The first kappa shape index (κ1) is 26.2. The van der Waals surface area contributed by atoms with E-state index in [2.05, 4.69) is 10.0 Å². The molecule has 0 radical (unpaired) electrons. The lowest BCUT2D eigenvalue weighted by Crippen LogP contribution is -2.32. The van der Waals surface area contributed by atoms with Gasteiger partial charge in [-0.05, 0) is 78.4 Å². The fourth-order valence-corrected chi connectivity index (χ4v) is 5.82. The molecule has 1 saturated carbocycles. The van der Waals surface area contributed by atoms with Crippen LogP contribution in [0, 0.1) is 5.82 Å². The lowest BCUT2D eigenvalue weighted by atomic mass is 9.80. The molecule has 1 heterocycles. The largest absolute Gasteiger partial charge is 0.491 e. The van der Waals surface area contributed by atoms with Gasteiger partial charge in [0.2, 0.25) is 10.0 Å². The summed E-state index contributed by atoms with van der Waals surface area (Å²) in [4.78, 5) is 12.9. The average molecular weight is 557 g/mol. The molecular formula is C26H23BClFN2O6S. The Morgan fingerprint density at radius 2 is 1.84 bits per heavy atom. The number of furan rings is 1. The number of halogens is 2. The van der Waals surface area contributed by atoms with Gasteiger partial charge >= 0.3 is 7.12 Å². The molecule has 3 aromatic carbocycles. The summed E-state index contributed by atoms with van der Waals surface area (Å²) in [6, 6.07) is 13.6. The van der Waals surface area contributed by atoms with Crippen molar-refractivity contribution < 1.29 is 32.1 Å². The zero-order valence-corrected chi connectivity index (χ0v) is 21.7. The fraction of sp³-hybridized carbons (Fsp3) is 0.192. The normalized spacial score (nSPS) is 13.5. The number of nitrogens with one attached hydrogen (secondary N) is 2. The van der Waals surface area contributed by atoms with Crippen LogP contribution in [-0.2, 0) is 15.8 Å². The summed E-state index contributed by atoms with van der Waals surface area (Å²) in [5, 5.41) is 22.1. The van der Waals surface area contributed by atoms with Crippen molar-refractivity contribution in [3.8, 4) is 11.3 Å². The van der Waals surface area contributed by atoms with Crippen LogP contribution in [0.5, 0.6) is 0 Å². The zero-order chi connectivity index (χ0) is 27.2. The van der Waals surface area contributed by atoms with Gasteiger partial charge in [0.05, 0.1) is 17.0 Å². The van der Waals surface area contributed by atoms with Crippen LogP contribution in [0.4, 0.5) is 10.1 Å². The first-order valence-corrected chi connectivity index (χ1v) is 13.8. The van der Waals surface area contributed by atoms with E-state index < -0.39 is 28.7 Å². The maximum atomic E-state index is 14.1. The molecule has 4 N–H and O–H groups in total. The standard InChI is InChI=1S/C26H23BClFN2O6S/c1-30-26(32)24-20-12-19(14-2-3-14)16(10-23(20)37-25(24)15-4-6-17(28)7-5-15)13-38(35,36)31-18-8-9-21(27(33)34)22(29)11-18/h4-12,14,31,33-34H,2-3,13H2,1H3,(H,30,32). The number of hydrogen-bond acceptors (Lipinski definition) is 6. The van der Waals surface area contributed by atoms with E-state index in [9.17, 15) is 27.7 Å². The van der Waals surface area contributed by atoms with Crippen LogP contribution in [0.1, 0.15) is 40.2 Å². The number of rotatable bonds is 8. The SMILES string of the molecule is CNC(=O)c1c(-c2ccc(Cl)cc2)oc2cc(CS(=O)(=O)Nc3ccc(B(O)O)c(F)c3)c(C3CC3)cc12. The maximum Gasteiger partial charge on any atom is 0.491 e. The minimum Gasteiger partial charge on any atom is -0.455 e. The zero-order valence-electron chi connectivity index (χ0n) is 20.2. The summed E-state index contributed by atoms with van der Waals surface area (Å²) in [5.74, 6) is -1.20. The molecule has 1 amide bonds. The minimum absolute atomic E-state index is 0.0501. The van der Waals surface area contributed by atoms with E-state index in [4.69, 9.17) is 16.0 Å². The van der Waals surface area contributed by atoms with Crippen LogP contribution >= 0.6 is 11.6 Å². The van der Waals surface area contributed by atoms with Crippen molar-refractivity contribution in [3.05, 3.63) is 82.1 Å². The monoisotopic (exact) mass is 556 g/mol. The van der Waals surface area contributed by atoms with Gasteiger partial charge in [0.15, 0.2) is 0 Å². The van der Waals surface area contributed by atoms with Gasteiger partial charge in [0.1, 0.15) is 17.2 Å². The molecule has 1 aliphatic carbocycles. The highest BCUT2D eigenvalue weighted by atomic mass is 35.5. The fourth-order valence-electron chi connectivity index (χ4n) is 4.48. The highest BCUT2D eigenvalue weighted by molar-refractivity contribution is 7.91. The number of hydrogen-bond donors (Lipinski definition) is 4. The third-order valence-corrected chi connectivity index (χ3v) is 7.91. The Morgan fingerprint density at radius 3 is 2.45 bits per heavy atom. The predicted molar refractivity (Wildman–Crippen MR) is 144 cm³/mol. The van der Waals surface area contributed by atoms with Gasteiger partial charge in [-0.3, -0.25) is 9.52 Å². The summed E-state index contributed by atoms with van der Waals surface area (Å²) < 4.78 is 48.7. The molecule has 12 heteroatoms. The van der Waals surface area contributed by atoms with Gasteiger partial charge in [-0.15, -0.1) is 0 Å². The van der Waals surface area contributed by atoms with Crippen LogP contribution in [0.3, 0.4) is 0 Å². The Kier molecular flexibility index (Phi) is 6.95. The molecule has 8 nitrogen and oxygen atoms in total. The van der Waals surface area contributed by atoms with Gasteiger partial charge < -0.3 is 19.8 Å². The van der Waals surface area contributed by atoms with Crippen molar-refractivity contribution in [1.82, 2.24) is 5.32 Å². The van der Waals surface area contributed by atoms with Crippen LogP contribution < -0.4 is 15.5 Å². The molecule has 1 aromatic heterocycles. The number of sulfonamides is 1. The molecule has 0 atom stereocenters. The molecule has 4 aromatic rings. The second-order valence-electron chi connectivity index (χ2n) is 9.18. The lowest BCUT2D eigenvalue weighted by molar-refractivity contribution is 0.0964. The van der Waals surface area contributed by atoms with Gasteiger partial charge in [-0.25, -0.2) is 12.8 Å². The number of amides is 1. The van der Waals surface area contributed by atoms with Crippen molar-refractivity contribution in [1.29, 1.82) is 0 Å². The number of benzene rings is 3. The Hall–Kier alpha value is -3.38. The van der Waals surface area contributed by atoms with E-state index in [1.165, 1.54) is 13.1 Å². The molecular weight excluding hydrogens is 534 g/mol. The molecule has 1 fully saturated rings. The van der Waals surface area contributed by atoms with Crippen LogP contribution in [0.15, 0.2) is 59.0 Å². The van der Waals surface area contributed by atoms with E-state index in [1.54, 1.807) is 30.3 Å². The molecule has 5 rings (SSSR count). The van der Waals surface area contributed by atoms with E-state index in [-0.39, 0.29) is 23.0 Å². The molecule has 0 saturated heterocycles. The molecule has 0 bridgehead atoms. The summed E-state index contributed by atoms with van der Waals surface area (Å²) in [6.45, 7) is 0. The molecule has 0 spiro atoms. The molecule has 38 heavy (non-hydrogen) atoms. The highest BCUT2D eigenvalue weighted by Gasteiger charge is 2.31. The Bertz CT molecular complexity index is 1650. The third kappa shape index (κ3) is 5.28. The van der Waals surface area contributed by atoms with Crippen LogP contribution in [-0.4, -0.2) is 38.5 Å².